The van der Waals surface area contributed by atoms with Gasteiger partial charge < -0.3 is 4.84 Å². The molecule has 0 saturated heterocycles. The van der Waals surface area contributed by atoms with Crippen LogP contribution in [0.1, 0.15) is 28.2 Å². The zero-order valence-corrected chi connectivity index (χ0v) is 7.30. The average molecular weight is 195 g/mol. The van der Waals surface area contributed by atoms with Crippen molar-refractivity contribution in [2.24, 2.45) is 9.94 Å². The van der Waals surface area contributed by atoms with Crippen molar-refractivity contribution in [1.29, 1.82) is 0 Å². The van der Waals surface area contributed by atoms with Crippen molar-refractivity contribution in [2.75, 3.05) is 0 Å². The van der Waals surface area contributed by atoms with E-state index in [0.29, 0.717) is 0 Å². The molecule has 0 aromatic heterocycles. The Morgan fingerprint density at radius 2 is 1.75 bits per heavy atom. The highest BCUT2D eigenvalue weighted by atomic mass is 32.2. The summed E-state index contributed by atoms with van der Waals surface area (Å²) in [4.78, 5) is 14.8. The molecule has 0 N–H and O–H groups in total. The van der Waals surface area contributed by atoms with Gasteiger partial charge in [-0.2, -0.15) is 8.42 Å². The van der Waals surface area contributed by atoms with E-state index in [0.717, 1.165) is 0 Å². The first-order valence-corrected chi connectivity index (χ1v) is 3.89. The summed E-state index contributed by atoms with van der Waals surface area (Å²) in [5.74, 6) is -0.679. The van der Waals surface area contributed by atoms with Gasteiger partial charge in [0.05, 0.1) is 9.94 Å². The largest absolute Gasteiger partial charge is 0.349 e. The molecule has 0 rings (SSSR count). The van der Waals surface area contributed by atoms with Gasteiger partial charge in [0, 0.05) is 0 Å². The Labute approximate surface area is 73.4 Å². The predicted octanol–water partition coefficient (Wildman–Crippen LogP) is 1.19. The van der Waals surface area contributed by atoms with E-state index in [4.69, 9.17) is 0 Å². The minimum atomic E-state index is -2.69. The van der Waals surface area contributed by atoms with Gasteiger partial charge in [-0.1, -0.05) is 7.43 Å². The zero-order valence-electron chi connectivity index (χ0n) is 6.49. The van der Waals surface area contributed by atoms with Crippen LogP contribution in [0.3, 0.4) is 0 Å². The standard InChI is InChI=1S/C5H9NO4S.CH4/c1-5(2,3)4(7)10-6-11(8)9;/h1-3H3;1H4. The molecule has 0 radical (unpaired) electrons. The predicted molar refractivity (Wildman–Crippen MR) is 43.6 cm³/mol. The first kappa shape index (κ1) is 13.7. The van der Waals surface area contributed by atoms with E-state index in [1.165, 1.54) is 0 Å². The van der Waals surface area contributed by atoms with Gasteiger partial charge in [-0.05, 0) is 20.8 Å². The van der Waals surface area contributed by atoms with Crippen LogP contribution in [-0.2, 0) is 20.1 Å². The van der Waals surface area contributed by atoms with Crippen LogP contribution in [0.2, 0.25) is 0 Å². The van der Waals surface area contributed by atoms with Crippen LogP contribution in [0.15, 0.2) is 4.53 Å². The fraction of sp³-hybridized carbons (Fsp3) is 0.833. The fourth-order valence-corrected chi connectivity index (χ4v) is 0.330. The summed E-state index contributed by atoms with van der Waals surface area (Å²) in [5.41, 5.74) is -0.733. The van der Waals surface area contributed by atoms with Crippen molar-refractivity contribution >= 4 is 16.5 Å². The van der Waals surface area contributed by atoms with Gasteiger partial charge in [0.15, 0.2) is 0 Å². The average Bonchev–Trinajstić information content (AvgIpc) is 1.80. The topological polar surface area (TPSA) is 72.8 Å². The van der Waals surface area contributed by atoms with Crippen LogP contribution >= 0.6 is 0 Å². The lowest BCUT2D eigenvalue weighted by molar-refractivity contribution is -0.152. The first-order valence-electron chi connectivity index (χ1n) is 2.86. The molecule has 5 nitrogen and oxygen atoms in total. The van der Waals surface area contributed by atoms with Gasteiger partial charge in [-0.3, -0.25) is 0 Å². The molecule has 0 aromatic rings. The monoisotopic (exact) mass is 195 g/mol. The van der Waals surface area contributed by atoms with E-state index < -0.39 is 21.9 Å². The molecule has 0 saturated carbocycles. The number of nitrogens with zero attached hydrogens (tertiary/aromatic N) is 1. The Balaban J connectivity index is 0. The molecule has 0 amide bonds. The van der Waals surface area contributed by atoms with Crippen LogP contribution in [0.5, 0.6) is 0 Å². The third-order valence-electron chi connectivity index (χ3n) is 0.793. The highest BCUT2D eigenvalue weighted by Crippen LogP contribution is 2.14. The Kier molecular flexibility index (Phi) is 5.54. The highest BCUT2D eigenvalue weighted by molar-refractivity contribution is 7.61. The number of carbonyl (C=O) groups excluding carboxylic acids is 1. The molecule has 72 valence electrons. The maximum absolute atomic E-state index is 10.8. The van der Waals surface area contributed by atoms with Gasteiger partial charge in [-0.25, -0.2) is 4.79 Å². The summed E-state index contributed by atoms with van der Waals surface area (Å²) in [7, 11) is -2.69. The summed E-state index contributed by atoms with van der Waals surface area (Å²) >= 11 is 0. The van der Waals surface area contributed by atoms with E-state index in [1.807, 2.05) is 0 Å². The fourth-order valence-electron chi connectivity index (χ4n) is 0.201. The van der Waals surface area contributed by atoms with Crippen molar-refractivity contribution in [2.45, 2.75) is 28.2 Å². The smallest absolute Gasteiger partial charge is 0.303 e. The van der Waals surface area contributed by atoms with Crippen LogP contribution in [0.4, 0.5) is 0 Å². The molecular formula is C6H13NO4S. The molecule has 0 spiro atoms. The molecule has 6 heteroatoms. The lowest BCUT2D eigenvalue weighted by Gasteiger charge is -2.11. The molecule has 0 fully saturated rings. The van der Waals surface area contributed by atoms with Gasteiger partial charge in [0.2, 0.25) is 0 Å². The third-order valence-corrected chi connectivity index (χ3v) is 0.990. The normalized spacial score (nSPS) is 9.58. The lowest BCUT2D eigenvalue weighted by atomic mass is 9.98. The number of hydrogen-bond donors (Lipinski definition) is 0. The molecule has 0 aliphatic carbocycles. The van der Waals surface area contributed by atoms with Gasteiger partial charge in [0.1, 0.15) is 0 Å². The maximum Gasteiger partial charge on any atom is 0.349 e. The van der Waals surface area contributed by atoms with Crippen molar-refractivity contribution in [3.8, 4) is 0 Å². The van der Waals surface area contributed by atoms with E-state index in [-0.39, 0.29) is 7.43 Å². The molecule has 0 aliphatic rings. The summed E-state index contributed by atoms with van der Waals surface area (Å²) in [6.45, 7) is 4.79. The highest BCUT2D eigenvalue weighted by Gasteiger charge is 2.23. The third kappa shape index (κ3) is 5.84. The quantitative estimate of drug-likeness (QED) is 0.589. The van der Waals surface area contributed by atoms with E-state index in [2.05, 4.69) is 9.36 Å². The van der Waals surface area contributed by atoms with Crippen molar-refractivity contribution < 1.29 is 18.0 Å². The van der Waals surface area contributed by atoms with Crippen LogP contribution < -0.4 is 0 Å². The molecule has 0 bridgehead atoms. The SMILES string of the molecule is C.CC(C)(C)C(=O)ON=S(=O)=O. The number of carbonyl (C=O) groups is 1. The van der Waals surface area contributed by atoms with Crippen molar-refractivity contribution in [1.82, 2.24) is 0 Å². The summed E-state index contributed by atoms with van der Waals surface area (Å²) in [6.07, 6.45) is 0. The molecule has 0 unspecified atom stereocenters. The van der Waals surface area contributed by atoms with E-state index in [9.17, 15) is 13.2 Å². The second-order valence-electron chi connectivity index (χ2n) is 2.92. The molecule has 12 heavy (non-hydrogen) atoms. The molecule has 0 atom stereocenters. The van der Waals surface area contributed by atoms with Crippen molar-refractivity contribution in [3.63, 3.8) is 0 Å². The number of rotatable bonds is 1. The summed E-state index contributed by atoms with van der Waals surface area (Å²) < 4.78 is 22.1. The second kappa shape index (κ2) is 4.87. The Morgan fingerprint density at radius 3 is 2.00 bits per heavy atom. The minimum absolute atomic E-state index is 0. The molecule has 0 heterocycles. The number of hydrogen-bond acceptors (Lipinski definition) is 5. The van der Waals surface area contributed by atoms with Crippen LogP contribution in [-0.4, -0.2) is 14.4 Å². The van der Waals surface area contributed by atoms with Gasteiger partial charge >= 0.3 is 16.5 Å². The van der Waals surface area contributed by atoms with Gasteiger partial charge in [0.25, 0.3) is 0 Å². The molecular weight excluding hydrogens is 182 g/mol. The van der Waals surface area contributed by atoms with Crippen LogP contribution in [0, 0.1) is 5.41 Å². The summed E-state index contributed by atoms with van der Waals surface area (Å²) in [5, 5.41) is 0. The zero-order chi connectivity index (χ0) is 9.07. The Morgan fingerprint density at radius 1 is 1.33 bits per heavy atom. The second-order valence-corrected chi connectivity index (χ2v) is 3.50. The molecule has 0 aliphatic heterocycles. The van der Waals surface area contributed by atoms with Crippen LogP contribution in [0.25, 0.3) is 0 Å². The Hall–Kier alpha value is -0.910. The summed E-state index contributed by atoms with van der Waals surface area (Å²) in [6, 6.07) is 0. The molecule has 0 aromatic carbocycles. The van der Waals surface area contributed by atoms with Gasteiger partial charge in [-0.15, -0.1) is 0 Å². The first-order chi connectivity index (χ1) is 4.84. The Bertz CT molecular complexity index is 264. The maximum atomic E-state index is 10.8. The van der Waals surface area contributed by atoms with E-state index >= 15 is 0 Å². The minimum Gasteiger partial charge on any atom is -0.303 e. The van der Waals surface area contributed by atoms with Crippen molar-refractivity contribution in [3.05, 3.63) is 0 Å². The van der Waals surface area contributed by atoms with E-state index in [1.54, 1.807) is 20.8 Å². The lowest BCUT2D eigenvalue weighted by Crippen LogP contribution is -2.20.